The van der Waals surface area contributed by atoms with Crippen LogP contribution in [0.4, 0.5) is 0 Å². The first-order chi connectivity index (χ1) is 8.56. The molecule has 4 unspecified atom stereocenters. The zero-order valence-electron chi connectivity index (χ0n) is 11.0. The fourth-order valence-corrected chi connectivity index (χ4v) is 4.67. The van der Waals surface area contributed by atoms with Crippen LogP contribution in [0.2, 0.25) is 0 Å². The molecule has 0 aromatic carbocycles. The summed E-state index contributed by atoms with van der Waals surface area (Å²) in [6, 6.07) is 0. The molecule has 1 aliphatic rings. The second-order valence-electron chi connectivity index (χ2n) is 4.54. The second kappa shape index (κ2) is 8.31. The van der Waals surface area contributed by atoms with Crippen molar-refractivity contribution in [3.05, 3.63) is 5.01 Å². The monoisotopic (exact) mass is 330 g/mol. The van der Waals surface area contributed by atoms with Gasteiger partial charge >= 0.3 is 29.6 Å². The molecule has 0 amide bonds. The fraction of sp³-hybridized carbons (Fsp3) is 0.800. The summed E-state index contributed by atoms with van der Waals surface area (Å²) in [4.78, 5) is 0. The fourth-order valence-electron chi connectivity index (χ4n) is 2.29. The molecule has 19 heavy (non-hydrogen) atoms. The standard InChI is InChI=1S/C10H16N2O3S3.Na/c1-17(13)10-12-11-9(16-10)6-7-3-2-4-8(5-7)18(14)15;/h7-8H,2-6H2,1H3,(H,14,15);/q;+1/p-1. The third-order valence-electron chi connectivity index (χ3n) is 3.16. The number of rotatable bonds is 4. The van der Waals surface area contributed by atoms with E-state index in [1.807, 2.05) is 0 Å². The molecule has 0 spiro atoms. The van der Waals surface area contributed by atoms with E-state index >= 15 is 0 Å². The third-order valence-corrected chi connectivity index (χ3v) is 6.40. The molecule has 102 valence electrons. The van der Waals surface area contributed by atoms with Crippen molar-refractivity contribution in [2.75, 3.05) is 6.26 Å². The summed E-state index contributed by atoms with van der Waals surface area (Å²) in [7, 11) is -1.08. The summed E-state index contributed by atoms with van der Waals surface area (Å²) in [5.41, 5.74) is 0. The molecule has 0 bridgehead atoms. The second-order valence-corrected chi connectivity index (χ2v) is 8.34. The van der Waals surface area contributed by atoms with Gasteiger partial charge in [-0.3, -0.25) is 8.42 Å². The Hall–Kier alpha value is 0.820. The number of hydrogen-bond donors (Lipinski definition) is 0. The molecule has 0 N–H and O–H groups in total. The van der Waals surface area contributed by atoms with E-state index in [2.05, 4.69) is 10.2 Å². The first-order valence-corrected chi connectivity index (χ1v) is 9.31. The minimum Gasteiger partial charge on any atom is -0.772 e. The van der Waals surface area contributed by atoms with E-state index in [0.29, 0.717) is 16.7 Å². The predicted octanol–water partition coefficient (Wildman–Crippen LogP) is -1.74. The van der Waals surface area contributed by atoms with E-state index in [4.69, 9.17) is 0 Å². The molecule has 4 atom stereocenters. The van der Waals surface area contributed by atoms with Crippen LogP contribution in [0.3, 0.4) is 0 Å². The van der Waals surface area contributed by atoms with Gasteiger partial charge in [0.1, 0.15) is 5.01 Å². The van der Waals surface area contributed by atoms with Crippen LogP contribution in [0.5, 0.6) is 0 Å². The first-order valence-electron chi connectivity index (χ1n) is 5.80. The smallest absolute Gasteiger partial charge is 0.772 e. The molecule has 1 saturated carbocycles. The largest absolute Gasteiger partial charge is 1.00 e. The van der Waals surface area contributed by atoms with Crippen LogP contribution in [-0.2, 0) is 28.3 Å². The molecule has 0 aliphatic heterocycles. The summed E-state index contributed by atoms with van der Waals surface area (Å²) < 4.78 is 33.7. The van der Waals surface area contributed by atoms with Crippen LogP contribution in [-0.4, -0.2) is 34.7 Å². The van der Waals surface area contributed by atoms with Gasteiger partial charge in [-0.05, 0) is 25.2 Å². The van der Waals surface area contributed by atoms with E-state index in [1.165, 1.54) is 11.3 Å². The van der Waals surface area contributed by atoms with E-state index in [0.717, 1.165) is 30.7 Å². The van der Waals surface area contributed by atoms with E-state index in [-0.39, 0.29) is 34.8 Å². The average Bonchev–Trinajstić information content (AvgIpc) is 2.78. The van der Waals surface area contributed by atoms with E-state index < -0.39 is 21.9 Å². The summed E-state index contributed by atoms with van der Waals surface area (Å²) >= 11 is -0.596. The van der Waals surface area contributed by atoms with Gasteiger partial charge in [0.2, 0.25) is 4.34 Å². The van der Waals surface area contributed by atoms with Crippen LogP contribution in [0.25, 0.3) is 0 Å². The zero-order valence-corrected chi connectivity index (χ0v) is 15.5. The van der Waals surface area contributed by atoms with Gasteiger partial charge in [0.25, 0.3) is 0 Å². The maximum atomic E-state index is 11.2. The van der Waals surface area contributed by atoms with E-state index in [9.17, 15) is 13.0 Å². The maximum absolute atomic E-state index is 11.2. The molecule has 9 heteroatoms. The maximum Gasteiger partial charge on any atom is 1.00 e. The van der Waals surface area contributed by atoms with Crippen LogP contribution in [0.15, 0.2) is 4.34 Å². The minimum atomic E-state index is -1.96. The van der Waals surface area contributed by atoms with Gasteiger partial charge in [-0.25, -0.2) is 0 Å². The zero-order chi connectivity index (χ0) is 13.1. The van der Waals surface area contributed by atoms with Gasteiger partial charge in [0.05, 0.1) is 10.8 Å². The molecule has 1 fully saturated rings. The third kappa shape index (κ3) is 5.26. The Morgan fingerprint density at radius 3 is 2.68 bits per heavy atom. The Kier molecular flexibility index (Phi) is 7.81. The van der Waals surface area contributed by atoms with Crippen molar-refractivity contribution in [3.63, 3.8) is 0 Å². The Labute approximate surface area is 144 Å². The van der Waals surface area contributed by atoms with Crippen molar-refractivity contribution in [2.24, 2.45) is 5.92 Å². The van der Waals surface area contributed by atoms with Gasteiger partial charge in [0.15, 0.2) is 0 Å². The van der Waals surface area contributed by atoms with Crippen molar-refractivity contribution in [1.29, 1.82) is 0 Å². The van der Waals surface area contributed by atoms with Gasteiger partial charge < -0.3 is 4.55 Å². The predicted molar refractivity (Wildman–Crippen MR) is 70.6 cm³/mol. The van der Waals surface area contributed by atoms with Crippen molar-refractivity contribution >= 4 is 33.2 Å². The molecular formula is C10H15N2NaO3S3. The molecule has 1 aromatic rings. The summed E-state index contributed by atoms with van der Waals surface area (Å²) in [6.07, 6.45) is 5.81. The summed E-state index contributed by atoms with van der Waals surface area (Å²) in [6.45, 7) is 0. The molecule has 2 rings (SSSR count). The Balaban J connectivity index is 0.00000180. The Bertz CT molecular complexity index is 469. The summed E-state index contributed by atoms with van der Waals surface area (Å²) in [5, 5.41) is 8.56. The van der Waals surface area contributed by atoms with E-state index in [1.54, 1.807) is 6.26 Å². The van der Waals surface area contributed by atoms with Gasteiger partial charge in [-0.1, -0.05) is 28.8 Å². The normalized spacial score (nSPS) is 26.4. The van der Waals surface area contributed by atoms with Crippen molar-refractivity contribution in [3.8, 4) is 0 Å². The van der Waals surface area contributed by atoms with Crippen LogP contribution < -0.4 is 29.6 Å². The molecule has 1 heterocycles. The van der Waals surface area contributed by atoms with Crippen molar-refractivity contribution in [2.45, 2.75) is 41.7 Å². The van der Waals surface area contributed by atoms with Gasteiger partial charge in [-0.15, -0.1) is 10.2 Å². The Morgan fingerprint density at radius 2 is 2.11 bits per heavy atom. The number of hydrogen-bond acceptors (Lipinski definition) is 6. The molecular weight excluding hydrogens is 315 g/mol. The summed E-state index contributed by atoms with van der Waals surface area (Å²) in [5.74, 6) is 0.354. The van der Waals surface area contributed by atoms with Crippen LogP contribution >= 0.6 is 11.3 Å². The van der Waals surface area contributed by atoms with Crippen molar-refractivity contribution < 1.29 is 42.5 Å². The molecule has 0 radical (unpaired) electrons. The molecule has 5 nitrogen and oxygen atoms in total. The topological polar surface area (TPSA) is 83.0 Å². The van der Waals surface area contributed by atoms with Crippen LogP contribution in [0, 0.1) is 5.92 Å². The number of nitrogens with zero attached hydrogens (tertiary/aromatic N) is 2. The molecule has 0 saturated heterocycles. The van der Waals surface area contributed by atoms with Crippen LogP contribution in [0.1, 0.15) is 30.7 Å². The van der Waals surface area contributed by atoms with Gasteiger partial charge in [-0.2, -0.15) is 0 Å². The SMILES string of the molecule is CS(=O)c1nnc(CC2CCCC(S(=O)[O-])C2)s1.[Na+]. The minimum absolute atomic E-state index is 0. The average molecular weight is 330 g/mol. The van der Waals surface area contributed by atoms with Crippen molar-refractivity contribution in [1.82, 2.24) is 10.2 Å². The van der Waals surface area contributed by atoms with Gasteiger partial charge in [0, 0.05) is 17.9 Å². The molecule has 1 aliphatic carbocycles. The molecule has 1 aromatic heterocycles. The number of aromatic nitrogens is 2. The quantitative estimate of drug-likeness (QED) is 0.483. The first kappa shape index (κ1) is 17.9. The Morgan fingerprint density at radius 1 is 1.37 bits per heavy atom.